The molecule has 0 bridgehead atoms. The summed E-state index contributed by atoms with van der Waals surface area (Å²) in [7, 11) is 1.92. The Morgan fingerprint density at radius 2 is 2.08 bits per heavy atom. The highest BCUT2D eigenvalue weighted by molar-refractivity contribution is 7.13. The minimum absolute atomic E-state index is 0.122. The fraction of sp³-hybridized carbons (Fsp3) is 0.500. The topological polar surface area (TPSA) is 56.7 Å². The maximum atomic E-state index is 10.9. The van der Waals surface area contributed by atoms with Gasteiger partial charge in [-0.2, -0.15) is 0 Å². The molecule has 3 rings (SSSR count). The summed E-state index contributed by atoms with van der Waals surface area (Å²) >= 11 is 1.70. The van der Waals surface area contributed by atoms with Gasteiger partial charge in [0.1, 0.15) is 5.01 Å². The number of benzene rings is 1. The molecule has 1 saturated heterocycles. The number of hydrogen-bond donors (Lipinski definition) is 1. The number of hydrogen-bond acceptors (Lipinski definition) is 5. The second-order valence-corrected chi connectivity index (χ2v) is 8.04. The van der Waals surface area contributed by atoms with Gasteiger partial charge < -0.3 is 5.11 Å². The van der Waals surface area contributed by atoms with E-state index in [-0.39, 0.29) is 6.54 Å². The maximum Gasteiger partial charge on any atom is 0.317 e. The summed E-state index contributed by atoms with van der Waals surface area (Å²) in [5.41, 5.74) is 3.57. The molecule has 2 heterocycles. The molecular weight excluding hydrogens is 346 g/mol. The van der Waals surface area contributed by atoms with E-state index in [0.717, 1.165) is 49.6 Å². The quantitative estimate of drug-likeness (QED) is 0.840. The Bertz CT molecular complexity index is 729. The number of aliphatic carboxylic acids is 1. The Labute approximate surface area is 159 Å². The third-order valence-electron chi connectivity index (χ3n) is 5.03. The number of carboxylic acids is 1. The molecule has 26 heavy (non-hydrogen) atoms. The molecule has 0 spiro atoms. The Morgan fingerprint density at radius 1 is 1.31 bits per heavy atom. The highest BCUT2D eigenvalue weighted by Crippen LogP contribution is 2.25. The van der Waals surface area contributed by atoms with Crippen molar-refractivity contribution in [2.75, 3.05) is 26.7 Å². The molecule has 0 amide bonds. The molecule has 1 N–H and O–H groups in total. The first-order valence-corrected chi connectivity index (χ1v) is 10.0. The second-order valence-electron chi connectivity index (χ2n) is 7.18. The fourth-order valence-corrected chi connectivity index (χ4v) is 4.33. The van der Waals surface area contributed by atoms with Crippen LogP contribution in [0.1, 0.15) is 30.5 Å². The molecule has 0 radical (unpaired) electrons. The predicted molar refractivity (Wildman–Crippen MR) is 105 cm³/mol. The van der Waals surface area contributed by atoms with Crippen molar-refractivity contribution in [2.24, 2.45) is 0 Å². The first kappa shape index (κ1) is 19.0. The normalized spacial score (nSPS) is 18.8. The van der Waals surface area contributed by atoms with Crippen molar-refractivity contribution in [1.82, 2.24) is 14.8 Å². The van der Waals surface area contributed by atoms with Crippen molar-refractivity contribution >= 4 is 17.3 Å². The number of likely N-dealkylation sites (N-methyl/N-ethyl adjacent to an activating group) is 1. The van der Waals surface area contributed by atoms with Gasteiger partial charge >= 0.3 is 5.97 Å². The summed E-state index contributed by atoms with van der Waals surface area (Å²) in [6, 6.07) is 8.87. The van der Waals surface area contributed by atoms with Crippen molar-refractivity contribution < 1.29 is 9.90 Å². The number of likely N-dealkylation sites (tertiary alicyclic amines) is 1. The molecule has 1 fully saturated rings. The lowest BCUT2D eigenvalue weighted by Gasteiger charge is -2.25. The molecule has 1 aliphatic rings. The van der Waals surface area contributed by atoms with Crippen LogP contribution in [0.5, 0.6) is 0 Å². The number of aryl methyl sites for hydroxylation is 1. The largest absolute Gasteiger partial charge is 0.480 e. The number of rotatable bonds is 6. The number of aromatic nitrogens is 1. The van der Waals surface area contributed by atoms with Crippen LogP contribution in [0.15, 0.2) is 29.6 Å². The zero-order valence-electron chi connectivity index (χ0n) is 15.5. The molecule has 0 aliphatic carbocycles. The molecule has 1 atom stereocenters. The van der Waals surface area contributed by atoms with Crippen LogP contribution < -0.4 is 0 Å². The van der Waals surface area contributed by atoms with Crippen LogP contribution >= 0.6 is 11.3 Å². The highest BCUT2D eigenvalue weighted by atomic mass is 32.1. The van der Waals surface area contributed by atoms with Crippen molar-refractivity contribution in [3.8, 4) is 10.6 Å². The summed E-state index contributed by atoms with van der Waals surface area (Å²) in [6.45, 7) is 5.13. The van der Waals surface area contributed by atoms with E-state index in [4.69, 9.17) is 10.1 Å². The third kappa shape index (κ3) is 5.13. The molecule has 0 saturated carbocycles. The Hall–Kier alpha value is -1.76. The molecule has 1 unspecified atom stereocenters. The molecule has 1 aromatic carbocycles. The summed E-state index contributed by atoms with van der Waals surface area (Å²) in [4.78, 5) is 20.2. The van der Waals surface area contributed by atoms with Gasteiger partial charge in [0.05, 0.1) is 12.2 Å². The second kappa shape index (κ2) is 8.75. The number of nitrogens with zero attached hydrogens (tertiary/aromatic N) is 3. The number of carboxylic acid groups (broad SMARTS) is 1. The summed E-state index contributed by atoms with van der Waals surface area (Å²) in [5, 5.41) is 12.2. The monoisotopic (exact) mass is 373 g/mol. The van der Waals surface area contributed by atoms with E-state index in [2.05, 4.69) is 41.5 Å². The first-order valence-electron chi connectivity index (χ1n) is 9.17. The summed E-state index contributed by atoms with van der Waals surface area (Å²) < 4.78 is 0. The first-order chi connectivity index (χ1) is 12.5. The third-order valence-corrected chi connectivity index (χ3v) is 5.97. The lowest BCUT2D eigenvalue weighted by atomic mass is 10.1. The lowest BCUT2D eigenvalue weighted by molar-refractivity contribution is -0.138. The average molecular weight is 374 g/mol. The predicted octanol–water partition coefficient (Wildman–Crippen LogP) is 3.49. The van der Waals surface area contributed by atoms with Gasteiger partial charge in [-0.05, 0) is 39.8 Å². The van der Waals surface area contributed by atoms with Crippen LogP contribution in [0.2, 0.25) is 0 Å². The van der Waals surface area contributed by atoms with Gasteiger partial charge in [0, 0.05) is 30.1 Å². The van der Waals surface area contributed by atoms with Crippen LogP contribution in [-0.4, -0.2) is 58.6 Å². The number of carbonyl (C=O) groups is 1. The molecule has 6 heteroatoms. The standard InChI is InChI=1S/C20H27N3O2S/c1-15-5-7-16(8-6-15)20-21-17(14-26-20)12-23-10-3-4-18(9-11-23)22(2)13-19(24)25/h5-8,14,18H,3-4,9-13H2,1-2H3,(H,24,25). The zero-order valence-corrected chi connectivity index (χ0v) is 16.3. The molecule has 140 valence electrons. The van der Waals surface area contributed by atoms with E-state index < -0.39 is 5.97 Å². The van der Waals surface area contributed by atoms with Gasteiger partial charge in [-0.3, -0.25) is 14.6 Å². The van der Waals surface area contributed by atoms with E-state index in [9.17, 15) is 4.79 Å². The van der Waals surface area contributed by atoms with Gasteiger partial charge in [0.2, 0.25) is 0 Å². The van der Waals surface area contributed by atoms with Gasteiger partial charge in [-0.15, -0.1) is 11.3 Å². The van der Waals surface area contributed by atoms with Crippen molar-refractivity contribution in [3.05, 3.63) is 40.9 Å². The SMILES string of the molecule is Cc1ccc(-c2nc(CN3CCCC(N(C)CC(=O)O)CC3)cs2)cc1. The minimum atomic E-state index is -0.750. The average Bonchev–Trinajstić information content (AvgIpc) is 2.93. The summed E-state index contributed by atoms with van der Waals surface area (Å²) in [5.74, 6) is -0.750. The van der Waals surface area contributed by atoms with E-state index in [1.807, 2.05) is 11.9 Å². The highest BCUT2D eigenvalue weighted by Gasteiger charge is 2.22. The van der Waals surface area contributed by atoms with Gasteiger partial charge in [-0.1, -0.05) is 29.8 Å². The lowest BCUT2D eigenvalue weighted by Crippen LogP contribution is -2.36. The maximum absolute atomic E-state index is 10.9. The molecule has 2 aromatic rings. The van der Waals surface area contributed by atoms with Gasteiger partial charge in [0.15, 0.2) is 0 Å². The zero-order chi connectivity index (χ0) is 18.5. The Kier molecular flexibility index (Phi) is 6.40. The van der Waals surface area contributed by atoms with Gasteiger partial charge in [0.25, 0.3) is 0 Å². The van der Waals surface area contributed by atoms with Crippen LogP contribution in [0.3, 0.4) is 0 Å². The van der Waals surface area contributed by atoms with Crippen LogP contribution in [0, 0.1) is 6.92 Å². The Balaban J connectivity index is 1.56. The Morgan fingerprint density at radius 3 is 2.81 bits per heavy atom. The van der Waals surface area contributed by atoms with Crippen molar-refractivity contribution in [3.63, 3.8) is 0 Å². The van der Waals surface area contributed by atoms with E-state index in [1.54, 1.807) is 11.3 Å². The molecular formula is C20H27N3O2S. The molecule has 1 aromatic heterocycles. The van der Waals surface area contributed by atoms with E-state index >= 15 is 0 Å². The summed E-state index contributed by atoms with van der Waals surface area (Å²) in [6.07, 6.45) is 3.17. The van der Waals surface area contributed by atoms with E-state index in [0.29, 0.717) is 6.04 Å². The van der Waals surface area contributed by atoms with E-state index in [1.165, 1.54) is 11.1 Å². The smallest absolute Gasteiger partial charge is 0.317 e. The minimum Gasteiger partial charge on any atom is -0.480 e. The fourth-order valence-electron chi connectivity index (χ4n) is 3.52. The molecule has 5 nitrogen and oxygen atoms in total. The number of thiazole rings is 1. The van der Waals surface area contributed by atoms with Crippen LogP contribution in [0.25, 0.3) is 10.6 Å². The van der Waals surface area contributed by atoms with Crippen LogP contribution in [-0.2, 0) is 11.3 Å². The molecule has 1 aliphatic heterocycles. The van der Waals surface area contributed by atoms with Gasteiger partial charge in [-0.25, -0.2) is 4.98 Å². The van der Waals surface area contributed by atoms with Crippen molar-refractivity contribution in [2.45, 2.75) is 38.8 Å². The van der Waals surface area contributed by atoms with Crippen LogP contribution in [0.4, 0.5) is 0 Å². The van der Waals surface area contributed by atoms with Crippen molar-refractivity contribution in [1.29, 1.82) is 0 Å².